The van der Waals surface area contributed by atoms with Crippen molar-refractivity contribution in [2.24, 2.45) is 5.41 Å². The summed E-state index contributed by atoms with van der Waals surface area (Å²) in [4.78, 5) is 13.4. The lowest BCUT2D eigenvalue weighted by atomic mass is 9.76. The number of carbonyl (C=O) groups excluding carboxylic acids is 1. The van der Waals surface area contributed by atoms with Crippen LogP contribution < -0.4 is 9.47 Å². The van der Waals surface area contributed by atoms with Crippen molar-refractivity contribution >= 4 is 22.8 Å². The first-order chi connectivity index (χ1) is 14.5. The molecule has 0 bridgehead atoms. The maximum absolute atomic E-state index is 13.4. The topological polar surface area (TPSA) is 48.7 Å². The summed E-state index contributed by atoms with van der Waals surface area (Å²) in [5.74, 6) is 2.11. The monoisotopic (exact) mass is 418 g/mol. The summed E-state index contributed by atoms with van der Waals surface area (Å²) in [7, 11) is 3.24. The zero-order valence-corrected chi connectivity index (χ0v) is 19.6. The van der Waals surface area contributed by atoms with Crippen molar-refractivity contribution in [3.05, 3.63) is 52.6 Å². The van der Waals surface area contributed by atoms with Gasteiger partial charge in [-0.25, -0.2) is 0 Å². The second-order valence-electron chi connectivity index (χ2n) is 10.2. The summed E-state index contributed by atoms with van der Waals surface area (Å²) >= 11 is 0. The maximum atomic E-state index is 13.4. The summed E-state index contributed by atoms with van der Waals surface area (Å²) in [5.41, 5.74) is 4.78. The van der Waals surface area contributed by atoms with E-state index in [0.29, 0.717) is 17.1 Å². The highest BCUT2D eigenvalue weighted by molar-refractivity contribution is 6.24. The van der Waals surface area contributed by atoms with E-state index in [9.17, 15) is 4.79 Å². The van der Waals surface area contributed by atoms with Crippen LogP contribution in [0, 0.1) is 5.41 Å². The summed E-state index contributed by atoms with van der Waals surface area (Å²) in [6.45, 7) is 12.7. The van der Waals surface area contributed by atoms with E-state index in [1.807, 2.05) is 36.4 Å². The van der Waals surface area contributed by atoms with Gasteiger partial charge in [-0.15, -0.1) is 0 Å². The Morgan fingerprint density at radius 2 is 1.52 bits per heavy atom. The molecule has 4 heteroatoms. The molecular formula is C27H30O4. The van der Waals surface area contributed by atoms with Crippen LogP contribution in [0.25, 0.3) is 28.4 Å². The summed E-state index contributed by atoms with van der Waals surface area (Å²) in [6, 6.07) is 9.76. The van der Waals surface area contributed by atoms with Crippen molar-refractivity contribution < 1.29 is 18.7 Å². The van der Waals surface area contributed by atoms with Crippen LogP contribution in [0.4, 0.5) is 0 Å². The Labute approximate surface area is 183 Å². The molecule has 0 saturated heterocycles. The average molecular weight is 419 g/mol. The molecule has 162 valence electrons. The van der Waals surface area contributed by atoms with Gasteiger partial charge in [-0.3, -0.25) is 4.79 Å². The number of carbonyl (C=O) groups is 1. The highest BCUT2D eigenvalue weighted by Crippen LogP contribution is 2.47. The molecule has 3 aromatic rings. The lowest BCUT2D eigenvalue weighted by molar-refractivity contribution is 0.101. The highest BCUT2D eigenvalue weighted by atomic mass is 16.5. The molecule has 1 aliphatic rings. The van der Waals surface area contributed by atoms with E-state index in [1.54, 1.807) is 14.2 Å². The molecule has 0 radical (unpaired) electrons. The molecule has 0 atom stereocenters. The van der Waals surface area contributed by atoms with Crippen molar-refractivity contribution in [3.63, 3.8) is 0 Å². The molecule has 0 saturated carbocycles. The summed E-state index contributed by atoms with van der Waals surface area (Å²) in [6.07, 6.45) is 2.01. The number of allylic oxidation sites excluding steroid dienone is 1. The third kappa shape index (κ3) is 3.34. The molecule has 4 nitrogen and oxygen atoms in total. The summed E-state index contributed by atoms with van der Waals surface area (Å²) in [5, 5.41) is 0.898. The van der Waals surface area contributed by atoms with Crippen LogP contribution in [0.3, 0.4) is 0 Å². The zero-order valence-electron chi connectivity index (χ0n) is 19.6. The number of ether oxygens (including phenoxy) is 2. The standard InChI is InChI=1S/C27H30O4/c1-26(2,3)18-11-10-16-22-17(14-19(23(16)28)27(4,5)6)24(31-25(18)22)15-9-12-20(29-7)21(13-15)30-8/h9-14H,1-8H3. The number of methoxy groups -OCH3 is 2. The SMILES string of the molecule is COc1ccc(-c2oc3c(C(C)(C)C)ccc4c3c2C=C(C(C)(C)C)C4=O)cc1OC. The van der Waals surface area contributed by atoms with E-state index >= 15 is 0 Å². The minimum absolute atomic E-state index is 0.0742. The Bertz CT molecular complexity index is 1230. The quantitative estimate of drug-likeness (QED) is 0.458. The lowest BCUT2D eigenvalue weighted by Gasteiger charge is -2.26. The molecule has 1 aromatic heterocycles. The van der Waals surface area contributed by atoms with Crippen molar-refractivity contribution in [1.82, 2.24) is 0 Å². The number of ketones is 1. The molecule has 0 spiro atoms. The van der Waals surface area contributed by atoms with E-state index in [4.69, 9.17) is 13.9 Å². The van der Waals surface area contributed by atoms with Crippen LogP contribution in [0.15, 0.2) is 40.3 Å². The van der Waals surface area contributed by atoms with Crippen LogP contribution >= 0.6 is 0 Å². The molecule has 1 heterocycles. The van der Waals surface area contributed by atoms with E-state index in [2.05, 4.69) is 41.5 Å². The predicted molar refractivity (Wildman–Crippen MR) is 125 cm³/mol. The number of rotatable bonds is 3. The Morgan fingerprint density at radius 3 is 2.10 bits per heavy atom. The fourth-order valence-electron chi connectivity index (χ4n) is 4.25. The van der Waals surface area contributed by atoms with E-state index in [0.717, 1.165) is 39.0 Å². The van der Waals surface area contributed by atoms with Crippen molar-refractivity contribution in [2.45, 2.75) is 47.0 Å². The number of Topliss-reactive ketones (excluding diaryl/α,β-unsaturated/α-hetero) is 1. The number of benzene rings is 2. The fraction of sp³-hybridized carbons (Fsp3) is 0.370. The Kier molecular flexibility index (Phi) is 4.80. The molecule has 0 N–H and O–H groups in total. The Balaban J connectivity index is 2.10. The van der Waals surface area contributed by atoms with Gasteiger partial charge < -0.3 is 13.9 Å². The van der Waals surface area contributed by atoms with E-state index in [-0.39, 0.29) is 16.6 Å². The van der Waals surface area contributed by atoms with Crippen LogP contribution in [-0.4, -0.2) is 20.0 Å². The van der Waals surface area contributed by atoms with Gasteiger partial charge in [0.2, 0.25) is 0 Å². The first-order valence-electron chi connectivity index (χ1n) is 10.6. The van der Waals surface area contributed by atoms with Crippen LogP contribution in [0.5, 0.6) is 11.5 Å². The van der Waals surface area contributed by atoms with Gasteiger partial charge in [0.15, 0.2) is 17.3 Å². The fourth-order valence-corrected chi connectivity index (χ4v) is 4.25. The van der Waals surface area contributed by atoms with Gasteiger partial charge in [0, 0.05) is 33.2 Å². The number of hydrogen-bond donors (Lipinski definition) is 0. The maximum Gasteiger partial charge on any atom is 0.190 e. The van der Waals surface area contributed by atoms with Gasteiger partial charge in [-0.2, -0.15) is 0 Å². The first-order valence-corrected chi connectivity index (χ1v) is 10.6. The smallest absolute Gasteiger partial charge is 0.190 e. The third-order valence-electron chi connectivity index (χ3n) is 5.92. The molecule has 0 fully saturated rings. The molecule has 31 heavy (non-hydrogen) atoms. The van der Waals surface area contributed by atoms with Crippen LogP contribution in [0.2, 0.25) is 0 Å². The van der Waals surface area contributed by atoms with E-state index in [1.165, 1.54) is 0 Å². The third-order valence-corrected chi connectivity index (χ3v) is 5.92. The Hall–Kier alpha value is -3.01. The largest absolute Gasteiger partial charge is 0.493 e. The molecule has 2 aromatic carbocycles. The van der Waals surface area contributed by atoms with Crippen molar-refractivity contribution in [3.8, 4) is 22.8 Å². The zero-order chi connectivity index (χ0) is 22.7. The highest BCUT2D eigenvalue weighted by Gasteiger charge is 2.35. The van der Waals surface area contributed by atoms with Gasteiger partial charge in [0.1, 0.15) is 11.3 Å². The van der Waals surface area contributed by atoms with Crippen molar-refractivity contribution in [1.29, 1.82) is 0 Å². The number of hydrogen-bond acceptors (Lipinski definition) is 4. The predicted octanol–water partition coefficient (Wildman–Crippen LogP) is 7.04. The number of furan rings is 1. The van der Waals surface area contributed by atoms with Gasteiger partial charge in [-0.05, 0) is 41.2 Å². The molecule has 0 aliphatic heterocycles. The minimum atomic E-state index is -0.282. The molecule has 4 rings (SSSR count). The average Bonchev–Trinajstić information content (AvgIpc) is 3.08. The van der Waals surface area contributed by atoms with Gasteiger partial charge in [-0.1, -0.05) is 47.6 Å². The van der Waals surface area contributed by atoms with Crippen LogP contribution in [-0.2, 0) is 5.41 Å². The van der Waals surface area contributed by atoms with Gasteiger partial charge in [0.05, 0.1) is 14.2 Å². The second-order valence-corrected chi connectivity index (χ2v) is 10.2. The van der Waals surface area contributed by atoms with Crippen molar-refractivity contribution in [2.75, 3.05) is 14.2 Å². The first kappa shape index (κ1) is 21.2. The van der Waals surface area contributed by atoms with Gasteiger partial charge >= 0.3 is 0 Å². The van der Waals surface area contributed by atoms with E-state index < -0.39 is 0 Å². The van der Waals surface area contributed by atoms with Gasteiger partial charge in [0.25, 0.3) is 0 Å². The summed E-state index contributed by atoms with van der Waals surface area (Å²) < 4.78 is 17.5. The molecule has 0 unspecified atom stereocenters. The van der Waals surface area contributed by atoms with Crippen LogP contribution in [0.1, 0.15) is 63.0 Å². The Morgan fingerprint density at radius 1 is 0.839 bits per heavy atom. The normalized spacial score (nSPS) is 14.1. The second kappa shape index (κ2) is 7.01. The lowest BCUT2D eigenvalue weighted by Crippen LogP contribution is -2.21. The molecular weight excluding hydrogens is 388 g/mol. The minimum Gasteiger partial charge on any atom is -0.493 e. The molecule has 0 amide bonds. The molecule has 1 aliphatic carbocycles.